The second-order valence-electron chi connectivity index (χ2n) is 4.05. The summed E-state index contributed by atoms with van der Waals surface area (Å²) in [5.41, 5.74) is 0. The molecule has 0 aliphatic carbocycles. The summed E-state index contributed by atoms with van der Waals surface area (Å²) in [5, 5.41) is 16.4. The molecule has 2 aromatic heterocycles. The molecule has 0 radical (unpaired) electrons. The lowest BCUT2D eigenvalue weighted by atomic mass is 10.3. The second kappa shape index (κ2) is 7.67. The van der Waals surface area contributed by atoms with E-state index in [-0.39, 0.29) is 6.61 Å². The van der Waals surface area contributed by atoms with Crippen molar-refractivity contribution in [3.63, 3.8) is 0 Å². The SMILES string of the molecule is OC(CNCCc1ncon1)COCc1ccco1. The van der Waals surface area contributed by atoms with E-state index >= 15 is 0 Å². The first kappa shape index (κ1) is 13.7. The van der Waals surface area contributed by atoms with Crippen LogP contribution < -0.4 is 5.32 Å². The molecule has 7 nitrogen and oxygen atoms in total. The van der Waals surface area contributed by atoms with Gasteiger partial charge in [-0.2, -0.15) is 4.98 Å². The Hall–Kier alpha value is -1.70. The molecule has 0 fully saturated rings. The van der Waals surface area contributed by atoms with Crippen molar-refractivity contribution in [3.8, 4) is 0 Å². The molecule has 0 aromatic carbocycles. The molecular formula is C12H17N3O4. The zero-order valence-electron chi connectivity index (χ0n) is 10.5. The predicted molar refractivity (Wildman–Crippen MR) is 65.2 cm³/mol. The van der Waals surface area contributed by atoms with Crippen molar-refractivity contribution in [2.45, 2.75) is 19.1 Å². The number of furan rings is 1. The third-order valence-corrected chi connectivity index (χ3v) is 2.45. The number of nitrogens with one attached hydrogen (secondary N) is 1. The molecule has 2 rings (SSSR count). The molecule has 2 heterocycles. The van der Waals surface area contributed by atoms with Crippen LogP contribution in [-0.4, -0.2) is 41.0 Å². The van der Waals surface area contributed by atoms with Crippen LogP contribution in [0.4, 0.5) is 0 Å². The molecular weight excluding hydrogens is 250 g/mol. The molecule has 0 spiro atoms. The fourth-order valence-electron chi connectivity index (χ4n) is 1.52. The Morgan fingerprint density at radius 3 is 3.16 bits per heavy atom. The third kappa shape index (κ3) is 5.21. The van der Waals surface area contributed by atoms with Crippen molar-refractivity contribution in [2.24, 2.45) is 0 Å². The molecule has 2 aromatic rings. The number of rotatable bonds is 9. The average molecular weight is 267 g/mol. The van der Waals surface area contributed by atoms with Crippen LogP contribution in [0.3, 0.4) is 0 Å². The van der Waals surface area contributed by atoms with Crippen molar-refractivity contribution in [1.29, 1.82) is 0 Å². The van der Waals surface area contributed by atoms with Gasteiger partial charge in [0, 0.05) is 19.5 Å². The quantitative estimate of drug-likeness (QED) is 0.634. The Morgan fingerprint density at radius 2 is 2.42 bits per heavy atom. The van der Waals surface area contributed by atoms with Crippen molar-refractivity contribution in [2.75, 3.05) is 19.7 Å². The standard InChI is InChI=1S/C12H17N3O4/c16-10(7-17-8-11-2-1-5-18-11)6-13-4-3-12-14-9-19-15-12/h1-2,5,9-10,13,16H,3-4,6-8H2. The summed E-state index contributed by atoms with van der Waals surface area (Å²) < 4.78 is 15.0. The van der Waals surface area contributed by atoms with E-state index in [4.69, 9.17) is 9.15 Å². The largest absolute Gasteiger partial charge is 0.467 e. The topological polar surface area (TPSA) is 93.6 Å². The molecule has 104 valence electrons. The predicted octanol–water partition coefficient (Wildman–Crippen LogP) is 0.372. The zero-order valence-corrected chi connectivity index (χ0v) is 10.5. The lowest BCUT2D eigenvalue weighted by Gasteiger charge is -2.11. The van der Waals surface area contributed by atoms with E-state index in [9.17, 15) is 5.11 Å². The molecule has 0 amide bonds. The summed E-state index contributed by atoms with van der Waals surface area (Å²) in [6, 6.07) is 3.63. The number of nitrogens with zero attached hydrogens (tertiary/aromatic N) is 2. The Balaban J connectivity index is 1.48. The maximum atomic E-state index is 9.67. The Labute approximate surface area is 110 Å². The summed E-state index contributed by atoms with van der Waals surface area (Å²) in [5.74, 6) is 1.40. The molecule has 0 bridgehead atoms. The van der Waals surface area contributed by atoms with E-state index < -0.39 is 6.10 Å². The van der Waals surface area contributed by atoms with Gasteiger partial charge in [0.2, 0.25) is 6.39 Å². The number of aliphatic hydroxyl groups is 1. The van der Waals surface area contributed by atoms with E-state index in [0.717, 1.165) is 5.76 Å². The summed E-state index contributed by atoms with van der Waals surface area (Å²) in [7, 11) is 0. The highest BCUT2D eigenvalue weighted by Crippen LogP contribution is 2.01. The van der Waals surface area contributed by atoms with Crippen LogP contribution in [0.5, 0.6) is 0 Å². The van der Waals surface area contributed by atoms with Gasteiger partial charge in [0.15, 0.2) is 5.82 Å². The van der Waals surface area contributed by atoms with Gasteiger partial charge in [0.25, 0.3) is 0 Å². The average Bonchev–Trinajstić information content (AvgIpc) is 3.07. The van der Waals surface area contributed by atoms with Crippen LogP contribution in [0.25, 0.3) is 0 Å². The van der Waals surface area contributed by atoms with Crippen LogP contribution in [0, 0.1) is 0 Å². The monoisotopic (exact) mass is 267 g/mol. The van der Waals surface area contributed by atoms with E-state index in [1.54, 1.807) is 12.3 Å². The minimum atomic E-state index is -0.555. The van der Waals surface area contributed by atoms with E-state index in [1.807, 2.05) is 6.07 Å². The first-order chi connectivity index (χ1) is 9.34. The molecule has 0 aliphatic rings. The van der Waals surface area contributed by atoms with Gasteiger partial charge in [-0.05, 0) is 12.1 Å². The molecule has 2 N–H and O–H groups in total. The molecule has 1 unspecified atom stereocenters. The third-order valence-electron chi connectivity index (χ3n) is 2.45. The fourth-order valence-corrected chi connectivity index (χ4v) is 1.52. The van der Waals surface area contributed by atoms with Gasteiger partial charge in [-0.25, -0.2) is 0 Å². The van der Waals surface area contributed by atoms with Gasteiger partial charge < -0.3 is 24.1 Å². The zero-order chi connectivity index (χ0) is 13.3. The summed E-state index contributed by atoms with van der Waals surface area (Å²) in [6.07, 6.45) is 3.00. The highest BCUT2D eigenvalue weighted by Gasteiger charge is 2.05. The van der Waals surface area contributed by atoms with Gasteiger partial charge in [-0.1, -0.05) is 5.16 Å². The smallest absolute Gasteiger partial charge is 0.213 e. The molecule has 0 saturated carbocycles. The van der Waals surface area contributed by atoms with Crippen LogP contribution in [0.2, 0.25) is 0 Å². The lowest BCUT2D eigenvalue weighted by molar-refractivity contribution is 0.0228. The molecule has 0 saturated heterocycles. The Morgan fingerprint density at radius 1 is 1.47 bits per heavy atom. The van der Waals surface area contributed by atoms with Crippen molar-refractivity contribution in [3.05, 3.63) is 36.4 Å². The number of aromatic nitrogens is 2. The first-order valence-electron chi connectivity index (χ1n) is 6.09. The number of aliphatic hydroxyl groups excluding tert-OH is 1. The normalized spacial score (nSPS) is 12.7. The molecule has 19 heavy (non-hydrogen) atoms. The fraction of sp³-hybridized carbons (Fsp3) is 0.500. The van der Waals surface area contributed by atoms with Crippen molar-refractivity contribution < 1.29 is 18.8 Å². The minimum Gasteiger partial charge on any atom is -0.467 e. The van der Waals surface area contributed by atoms with Gasteiger partial charge in [0.1, 0.15) is 12.4 Å². The highest BCUT2D eigenvalue weighted by atomic mass is 16.5. The maximum absolute atomic E-state index is 9.67. The summed E-state index contributed by atoms with van der Waals surface area (Å²) in [4.78, 5) is 3.90. The first-order valence-corrected chi connectivity index (χ1v) is 6.09. The number of hydrogen-bond donors (Lipinski definition) is 2. The van der Waals surface area contributed by atoms with E-state index in [1.165, 1.54) is 6.39 Å². The highest BCUT2D eigenvalue weighted by molar-refractivity contribution is 4.96. The number of hydrogen-bond acceptors (Lipinski definition) is 7. The van der Waals surface area contributed by atoms with Crippen LogP contribution in [0.1, 0.15) is 11.6 Å². The van der Waals surface area contributed by atoms with Gasteiger partial charge in [-0.15, -0.1) is 0 Å². The van der Waals surface area contributed by atoms with Crippen LogP contribution in [-0.2, 0) is 17.8 Å². The lowest BCUT2D eigenvalue weighted by Crippen LogP contribution is -2.31. The van der Waals surface area contributed by atoms with Crippen LogP contribution >= 0.6 is 0 Å². The molecule has 0 aliphatic heterocycles. The maximum Gasteiger partial charge on any atom is 0.213 e. The molecule has 1 atom stereocenters. The van der Waals surface area contributed by atoms with Crippen LogP contribution in [0.15, 0.2) is 33.7 Å². The Kier molecular flexibility index (Phi) is 5.54. The number of ether oxygens (including phenoxy) is 1. The molecule has 7 heteroatoms. The Bertz CT molecular complexity index is 430. The summed E-state index contributed by atoms with van der Waals surface area (Å²) in [6.45, 7) is 1.76. The van der Waals surface area contributed by atoms with Crippen molar-refractivity contribution >= 4 is 0 Å². The van der Waals surface area contributed by atoms with Crippen molar-refractivity contribution in [1.82, 2.24) is 15.5 Å². The second-order valence-corrected chi connectivity index (χ2v) is 4.05. The summed E-state index contributed by atoms with van der Waals surface area (Å²) >= 11 is 0. The van der Waals surface area contributed by atoms with Gasteiger partial charge in [-0.3, -0.25) is 0 Å². The van der Waals surface area contributed by atoms with E-state index in [0.29, 0.717) is 31.9 Å². The van der Waals surface area contributed by atoms with Gasteiger partial charge in [0.05, 0.1) is 19.0 Å². The van der Waals surface area contributed by atoms with Gasteiger partial charge >= 0.3 is 0 Å². The minimum absolute atomic E-state index is 0.260. The van der Waals surface area contributed by atoms with E-state index in [2.05, 4.69) is 20.0 Å².